The van der Waals surface area contributed by atoms with Crippen molar-refractivity contribution in [2.75, 3.05) is 0 Å². The van der Waals surface area contributed by atoms with Gasteiger partial charge in [0.2, 0.25) is 0 Å². The van der Waals surface area contributed by atoms with Crippen molar-refractivity contribution in [1.29, 1.82) is 0 Å². The molecule has 0 amide bonds. The molecule has 1 aliphatic rings. The van der Waals surface area contributed by atoms with Crippen LogP contribution in [0, 0.1) is 11.8 Å². The summed E-state index contributed by atoms with van der Waals surface area (Å²) < 4.78 is 5.67. The SMILES string of the molecule is CC(C)Oc1cncc(C2(O)CCC(C)C(C)C2)c1. The number of hydrogen-bond acceptors (Lipinski definition) is 3. The van der Waals surface area contributed by atoms with E-state index in [-0.39, 0.29) is 6.10 Å². The zero-order chi connectivity index (χ0) is 14.0. The summed E-state index contributed by atoms with van der Waals surface area (Å²) in [5.41, 5.74) is 0.152. The van der Waals surface area contributed by atoms with E-state index in [1.807, 2.05) is 19.9 Å². The number of aromatic nitrogens is 1. The molecule has 1 heterocycles. The van der Waals surface area contributed by atoms with Gasteiger partial charge >= 0.3 is 0 Å². The molecule has 3 nitrogen and oxygen atoms in total. The summed E-state index contributed by atoms with van der Waals surface area (Å²) in [7, 11) is 0. The van der Waals surface area contributed by atoms with Gasteiger partial charge in [0.15, 0.2) is 0 Å². The molecule has 1 N–H and O–H groups in total. The third kappa shape index (κ3) is 3.27. The molecular weight excluding hydrogens is 238 g/mol. The molecule has 1 saturated carbocycles. The first kappa shape index (κ1) is 14.3. The quantitative estimate of drug-likeness (QED) is 0.907. The number of pyridine rings is 1. The highest BCUT2D eigenvalue weighted by Gasteiger charge is 2.37. The topological polar surface area (TPSA) is 42.4 Å². The van der Waals surface area contributed by atoms with Crippen molar-refractivity contribution in [2.45, 2.75) is 58.7 Å². The van der Waals surface area contributed by atoms with Crippen molar-refractivity contribution in [1.82, 2.24) is 4.98 Å². The number of aliphatic hydroxyl groups is 1. The van der Waals surface area contributed by atoms with Crippen molar-refractivity contribution in [3.63, 3.8) is 0 Å². The van der Waals surface area contributed by atoms with Crippen LogP contribution in [-0.2, 0) is 5.60 Å². The average Bonchev–Trinajstić information content (AvgIpc) is 2.34. The van der Waals surface area contributed by atoms with Crippen LogP contribution >= 0.6 is 0 Å². The van der Waals surface area contributed by atoms with E-state index in [0.29, 0.717) is 11.8 Å². The maximum absolute atomic E-state index is 10.9. The Morgan fingerprint density at radius 1 is 1.32 bits per heavy atom. The van der Waals surface area contributed by atoms with E-state index in [4.69, 9.17) is 4.74 Å². The molecule has 0 spiro atoms. The van der Waals surface area contributed by atoms with Crippen molar-refractivity contribution in [2.24, 2.45) is 11.8 Å². The van der Waals surface area contributed by atoms with E-state index in [2.05, 4.69) is 18.8 Å². The van der Waals surface area contributed by atoms with Gasteiger partial charge in [-0.15, -0.1) is 0 Å². The van der Waals surface area contributed by atoms with E-state index >= 15 is 0 Å². The van der Waals surface area contributed by atoms with Crippen LogP contribution in [0.3, 0.4) is 0 Å². The standard InChI is InChI=1S/C16H25NO2/c1-11(2)19-15-7-14(9-17-10-15)16(18)6-5-12(3)13(4)8-16/h7,9-13,18H,5-6,8H2,1-4H3. The van der Waals surface area contributed by atoms with E-state index in [9.17, 15) is 5.11 Å². The van der Waals surface area contributed by atoms with Gasteiger partial charge in [0.05, 0.1) is 17.9 Å². The molecule has 3 heteroatoms. The lowest BCUT2D eigenvalue weighted by atomic mass is 9.71. The Bertz CT molecular complexity index is 433. The van der Waals surface area contributed by atoms with E-state index < -0.39 is 5.60 Å². The maximum atomic E-state index is 10.9. The normalized spacial score (nSPS) is 31.5. The van der Waals surface area contributed by atoms with Gasteiger partial charge in [0.25, 0.3) is 0 Å². The summed E-state index contributed by atoms with van der Waals surface area (Å²) in [6, 6.07) is 1.94. The number of hydrogen-bond donors (Lipinski definition) is 1. The Kier molecular flexibility index (Phi) is 4.14. The van der Waals surface area contributed by atoms with E-state index in [0.717, 1.165) is 30.6 Å². The van der Waals surface area contributed by atoms with Crippen molar-refractivity contribution >= 4 is 0 Å². The molecular formula is C16H25NO2. The minimum Gasteiger partial charge on any atom is -0.489 e. The second kappa shape index (κ2) is 5.49. The van der Waals surface area contributed by atoms with Gasteiger partial charge in [-0.2, -0.15) is 0 Å². The lowest BCUT2D eigenvalue weighted by molar-refractivity contribution is -0.0340. The molecule has 106 valence electrons. The lowest BCUT2D eigenvalue weighted by Gasteiger charge is -2.39. The fourth-order valence-corrected chi connectivity index (χ4v) is 2.86. The van der Waals surface area contributed by atoms with Crippen LogP contribution in [0.1, 0.15) is 52.5 Å². The summed E-state index contributed by atoms with van der Waals surface area (Å²) >= 11 is 0. The van der Waals surface area contributed by atoms with E-state index in [1.54, 1.807) is 12.4 Å². The Balaban J connectivity index is 2.21. The zero-order valence-electron chi connectivity index (χ0n) is 12.4. The highest BCUT2D eigenvalue weighted by Crippen LogP contribution is 2.42. The molecule has 0 radical (unpaired) electrons. The Morgan fingerprint density at radius 2 is 2.05 bits per heavy atom. The van der Waals surface area contributed by atoms with Gasteiger partial charge in [-0.3, -0.25) is 4.98 Å². The Hall–Kier alpha value is -1.09. The molecule has 19 heavy (non-hydrogen) atoms. The van der Waals surface area contributed by atoms with Crippen LogP contribution in [-0.4, -0.2) is 16.2 Å². The van der Waals surface area contributed by atoms with Crippen molar-refractivity contribution < 1.29 is 9.84 Å². The van der Waals surface area contributed by atoms with Gasteiger partial charge in [0.1, 0.15) is 5.75 Å². The molecule has 1 fully saturated rings. The Labute approximate surface area is 116 Å². The smallest absolute Gasteiger partial charge is 0.138 e. The molecule has 1 aromatic rings. The molecule has 1 aliphatic carbocycles. The van der Waals surface area contributed by atoms with Crippen LogP contribution in [0.25, 0.3) is 0 Å². The first-order valence-electron chi connectivity index (χ1n) is 7.25. The fourth-order valence-electron chi connectivity index (χ4n) is 2.86. The molecule has 0 bridgehead atoms. The first-order valence-corrected chi connectivity index (χ1v) is 7.25. The van der Waals surface area contributed by atoms with Crippen molar-refractivity contribution in [3.8, 4) is 5.75 Å². The molecule has 1 aromatic heterocycles. The predicted molar refractivity (Wildman–Crippen MR) is 76.1 cm³/mol. The molecule has 3 unspecified atom stereocenters. The summed E-state index contributed by atoms with van der Waals surface area (Å²) in [5, 5.41) is 10.9. The van der Waals surface area contributed by atoms with Gasteiger partial charge in [0, 0.05) is 11.8 Å². The molecule has 0 aliphatic heterocycles. The molecule has 0 aromatic carbocycles. The predicted octanol–water partition coefficient (Wildman–Crippen LogP) is 3.51. The molecule has 3 atom stereocenters. The zero-order valence-corrected chi connectivity index (χ0v) is 12.4. The summed E-state index contributed by atoms with van der Waals surface area (Å²) in [4.78, 5) is 4.22. The minimum absolute atomic E-state index is 0.122. The Morgan fingerprint density at radius 3 is 2.68 bits per heavy atom. The number of rotatable bonds is 3. The van der Waals surface area contributed by atoms with Gasteiger partial charge in [-0.1, -0.05) is 13.8 Å². The van der Waals surface area contributed by atoms with Gasteiger partial charge in [-0.05, 0) is 51.0 Å². The summed E-state index contributed by atoms with van der Waals surface area (Å²) in [5.74, 6) is 1.96. The third-order valence-electron chi connectivity index (χ3n) is 4.27. The third-order valence-corrected chi connectivity index (χ3v) is 4.27. The largest absolute Gasteiger partial charge is 0.489 e. The highest BCUT2D eigenvalue weighted by molar-refractivity contribution is 5.28. The summed E-state index contributed by atoms with van der Waals surface area (Å²) in [6.07, 6.45) is 6.29. The number of nitrogens with zero attached hydrogens (tertiary/aromatic N) is 1. The van der Waals surface area contributed by atoms with Crippen LogP contribution in [0.5, 0.6) is 5.75 Å². The second-order valence-electron chi connectivity index (χ2n) is 6.30. The van der Waals surface area contributed by atoms with Crippen molar-refractivity contribution in [3.05, 3.63) is 24.0 Å². The van der Waals surface area contributed by atoms with Gasteiger partial charge < -0.3 is 9.84 Å². The van der Waals surface area contributed by atoms with Crippen LogP contribution < -0.4 is 4.74 Å². The van der Waals surface area contributed by atoms with Crippen LogP contribution in [0.15, 0.2) is 18.5 Å². The monoisotopic (exact) mass is 263 g/mol. The van der Waals surface area contributed by atoms with Crippen LogP contribution in [0.4, 0.5) is 0 Å². The van der Waals surface area contributed by atoms with Crippen LogP contribution in [0.2, 0.25) is 0 Å². The average molecular weight is 263 g/mol. The highest BCUT2D eigenvalue weighted by atomic mass is 16.5. The minimum atomic E-state index is -0.741. The first-order chi connectivity index (χ1) is 8.90. The lowest BCUT2D eigenvalue weighted by Crippen LogP contribution is -2.35. The molecule has 0 saturated heterocycles. The number of ether oxygens (including phenoxy) is 1. The second-order valence-corrected chi connectivity index (χ2v) is 6.30. The molecule has 2 rings (SSSR count). The maximum Gasteiger partial charge on any atom is 0.138 e. The van der Waals surface area contributed by atoms with E-state index in [1.165, 1.54) is 0 Å². The fraction of sp³-hybridized carbons (Fsp3) is 0.688. The summed E-state index contributed by atoms with van der Waals surface area (Å²) in [6.45, 7) is 8.47. The van der Waals surface area contributed by atoms with Gasteiger partial charge in [-0.25, -0.2) is 0 Å².